The van der Waals surface area contributed by atoms with Gasteiger partial charge in [-0.3, -0.25) is 4.99 Å². The van der Waals surface area contributed by atoms with Gasteiger partial charge in [-0.1, -0.05) is 42.8 Å². The van der Waals surface area contributed by atoms with Crippen molar-refractivity contribution in [2.45, 2.75) is 56.1 Å². The molecule has 4 rings (SSSR count). The highest BCUT2D eigenvalue weighted by Gasteiger charge is 2.24. The fourth-order valence-corrected chi connectivity index (χ4v) is 5.02. The Morgan fingerprint density at radius 3 is 2.79 bits per heavy atom. The average molecular weight is 526 g/mol. The van der Waals surface area contributed by atoms with Crippen LogP contribution < -0.4 is 10.2 Å². The SMILES string of the molecule is CN=C(NCCCc1nnc(SC)n1C1CCCC1)N1CCc2ccccc21.I. The molecular formula is C21H31IN6S. The van der Waals surface area contributed by atoms with Crippen molar-refractivity contribution in [1.29, 1.82) is 0 Å². The molecule has 2 aromatic rings. The highest BCUT2D eigenvalue weighted by Crippen LogP contribution is 2.33. The molecule has 29 heavy (non-hydrogen) atoms. The minimum atomic E-state index is 0. The summed E-state index contributed by atoms with van der Waals surface area (Å²) in [6.45, 7) is 1.88. The van der Waals surface area contributed by atoms with E-state index in [0.29, 0.717) is 6.04 Å². The zero-order chi connectivity index (χ0) is 19.3. The molecule has 1 fully saturated rings. The quantitative estimate of drug-likeness (QED) is 0.200. The first-order chi connectivity index (χ1) is 13.8. The Balaban J connectivity index is 0.00000240. The molecule has 158 valence electrons. The fraction of sp³-hybridized carbons (Fsp3) is 0.571. The number of halogens is 1. The molecule has 0 bridgehead atoms. The number of aryl methyl sites for hydroxylation is 1. The van der Waals surface area contributed by atoms with Crippen LogP contribution in [0.4, 0.5) is 5.69 Å². The molecule has 1 aromatic carbocycles. The number of thioether (sulfide) groups is 1. The van der Waals surface area contributed by atoms with Crippen LogP contribution in [0.15, 0.2) is 34.4 Å². The average Bonchev–Trinajstić information content (AvgIpc) is 3.47. The Morgan fingerprint density at radius 2 is 2.03 bits per heavy atom. The van der Waals surface area contributed by atoms with Gasteiger partial charge in [0.15, 0.2) is 11.1 Å². The minimum Gasteiger partial charge on any atom is -0.356 e. The predicted molar refractivity (Wildman–Crippen MR) is 132 cm³/mol. The maximum absolute atomic E-state index is 4.51. The van der Waals surface area contributed by atoms with Crippen molar-refractivity contribution in [2.24, 2.45) is 4.99 Å². The lowest BCUT2D eigenvalue weighted by Gasteiger charge is -2.22. The first kappa shape index (κ1) is 22.4. The predicted octanol–water partition coefficient (Wildman–Crippen LogP) is 4.30. The van der Waals surface area contributed by atoms with Gasteiger partial charge in [-0.15, -0.1) is 34.2 Å². The lowest BCUT2D eigenvalue weighted by atomic mass is 10.2. The van der Waals surface area contributed by atoms with Crippen molar-refractivity contribution in [1.82, 2.24) is 20.1 Å². The molecule has 1 N–H and O–H groups in total. The smallest absolute Gasteiger partial charge is 0.198 e. The van der Waals surface area contributed by atoms with E-state index in [1.54, 1.807) is 11.8 Å². The topological polar surface area (TPSA) is 58.3 Å². The molecular weight excluding hydrogens is 495 g/mol. The number of anilines is 1. The molecule has 1 aliphatic carbocycles. The molecule has 0 amide bonds. The van der Waals surface area contributed by atoms with Gasteiger partial charge in [-0.2, -0.15) is 0 Å². The largest absolute Gasteiger partial charge is 0.356 e. The Labute approximate surface area is 195 Å². The summed E-state index contributed by atoms with van der Waals surface area (Å²) in [7, 11) is 1.87. The van der Waals surface area contributed by atoms with E-state index in [9.17, 15) is 0 Å². The molecule has 0 unspecified atom stereocenters. The number of benzene rings is 1. The Hall–Kier alpha value is -1.29. The third kappa shape index (κ3) is 4.90. The number of rotatable bonds is 6. The van der Waals surface area contributed by atoms with Crippen molar-refractivity contribution in [3.05, 3.63) is 35.7 Å². The van der Waals surface area contributed by atoms with Crippen LogP contribution in [0.5, 0.6) is 0 Å². The lowest BCUT2D eigenvalue weighted by molar-refractivity contribution is 0.460. The Bertz CT molecular complexity index is 830. The van der Waals surface area contributed by atoms with Gasteiger partial charge in [0.25, 0.3) is 0 Å². The first-order valence-electron chi connectivity index (χ1n) is 10.4. The zero-order valence-electron chi connectivity index (χ0n) is 17.3. The van der Waals surface area contributed by atoms with Crippen LogP contribution in [0.2, 0.25) is 0 Å². The minimum absolute atomic E-state index is 0. The molecule has 1 aliphatic heterocycles. The second kappa shape index (κ2) is 10.7. The van der Waals surface area contributed by atoms with E-state index >= 15 is 0 Å². The van der Waals surface area contributed by atoms with E-state index in [4.69, 9.17) is 0 Å². The third-order valence-electron chi connectivity index (χ3n) is 5.82. The number of aromatic nitrogens is 3. The van der Waals surface area contributed by atoms with Gasteiger partial charge in [-0.25, -0.2) is 0 Å². The summed E-state index contributed by atoms with van der Waals surface area (Å²) in [5, 5.41) is 13.5. The summed E-state index contributed by atoms with van der Waals surface area (Å²) < 4.78 is 2.41. The van der Waals surface area contributed by atoms with Crippen LogP contribution in [0, 0.1) is 0 Å². The van der Waals surface area contributed by atoms with E-state index in [0.717, 1.165) is 49.3 Å². The Kier molecular flexibility index (Phi) is 8.23. The molecule has 0 radical (unpaired) electrons. The summed E-state index contributed by atoms with van der Waals surface area (Å²) in [4.78, 5) is 6.80. The van der Waals surface area contributed by atoms with Crippen molar-refractivity contribution in [3.8, 4) is 0 Å². The van der Waals surface area contributed by atoms with Gasteiger partial charge >= 0.3 is 0 Å². The normalized spacial score (nSPS) is 16.8. The maximum atomic E-state index is 4.51. The number of hydrogen-bond donors (Lipinski definition) is 1. The molecule has 1 aromatic heterocycles. The Morgan fingerprint density at radius 1 is 1.24 bits per heavy atom. The molecule has 2 aliphatic rings. The number of nitrogens with one attached hydrogen (secondary N) is 1. The molecule has 2 heterocycles. The van der Waals surface area contributed by atoms with Crippen LogP contribution in [-0.4, -0.2) is 47.1 Å². The summed E-state index contributed by atoms with van der Waals surface area (Å²) >= 11 is 1.71. The monoisotopic (exact) mass is 526 g/mol. The van der Waals surface area contributed by atoms with E-state index in [2.05, 4.69) is 60.5 Å². The van der Waals surface area contributed by atoms with Crippen LogP contribution in [0.25, 0.3) is 0 Å². The first-order valence-corrected chi connectivity index (χ1v) is 11.6. The van der Waals surface area contributed by atoms with Gasteiger partial charge < -0.3 is 14.8 Å². The van der Waals surface area contributed by atoms with E-state index < -0.39 is 0 Å². The summed E-state index contributed by atoms with van der Waals surface area (Å²) in [5.41, 5.74) is 2.68. The van der Waals surface area contributed by atoms with E-state index in [1.165, 1.54) is 36.9 Å². The lowest BCUT2D eigenvalue weighted by Crippen LogP contribution is -2.41. The highest BCUT2D eigenvalue weighted by atomic mass is 127. The van der Waals surface area contributed by atoms with Crippen molar-refractivity contribution < 1.29 is 0 Å². The second-order valence-corrected chi connectivity index (χ2v) is 8.29. The van der Waals surface area contributed by atoms with Gasteiger partial charge in [0.1, 0.15) is 5.82 Å². The summed E-state index contributed by atoms with van der Waals surface area (Å²) in [5.74, 6) is 2.10. The van der Waals surface area contributed by atoms with E-state index in [-0.39, 0.29) is 24.0 Å². The van der Waals surface area contributed by atoms with Gasteiger partial charge in [0, 0.05) is 38.3 Å². The summed E-state index contributed by atoms with van der Waals surface area (Å²) in [6, 6.07) is 9.20. The molecule has 0 atom stereocenters. The zero-order valence-corrected chi connectivity index (χ0v) is 20.5. The number of para-hydroxylation sites is 1. The van der Waals surface area contributed by atoms with E-state index in [1.807, 2.05) is 7.05 Å². The number of aliphatic imine (C=N–C) groups is 1. The van der Waals surface area contributed by atoms with Crippen LogP contribution in [0.3, 0.4) is 0 Å². The number of nitrogens with zero attached hydrogens (tertiary/aromatic N) is 5. The number of guanidine groups is 1. The fourth-order valence-electron chi connectivity index (χ4n) is 4.45. The second-order valence-electron chi connectivity index (χ2n) is 7.52. The molecule has 6 nitrogen and oxygen atoms in total. The van der Waals surface area contributed by atoms with Gasteiger partial charge in [0.05, 0.1) is 0 Å². The molecule has 1 saturated carbocycles. The van der Waals surface area contributed by atoms with Crippen molar-refractivity contribution in [2.75, 3.05) is 31.3 Å². The van der Waals surface area contributed by atoms with Crippen LogP contribution in [0.1, 0.15) is 49.5 Å². The highest BCUT2D eigenvalue weighted by molar-refractivity contribution is 14.0. The van der Waals surface area contributed by atoms with Gasteiger partial charge in [0.2, 0.25) is 0 Å². The third-order valence-corrected chi connectivity index (χ3v) is 6.47. The number of fused-ring (bicyclic) bond motifs is 1. The molecule has 0 saturated heterocycles. The van der Waals surface area contributed by atoms with Crippen LogP contribution in [-0.2, 0) is 12.8 Å². The van der Waals surface area contributed by atoms with Crippen molar-refractivity contribution >= 4 is 47.4 Å². The maximum Gasteiger partial charge on any atom is 0.198 e. The van der Waals surface area contributed by atoms with Crippen molar-refractivity contribution in [3.63, 3.8) is 0 Å². The number of hydrogen-bond acceptors (Lipinski definition) is 4. The van der Waals surface area contributed by atoms with Gasteiger partial charge in [-0.05, 0) is 43.6 Å². The standard InChI is InChI=1S/C21H30N6S.HI/c1-22-20(26-15-13-16-8-3-6-11-18(16)26)23-14-7-12-19-24-25-21(28-2)27(19)17-9-4-5-10-17;/h3,6,8,11,17H,4-5,7,9-10,12-15H2,1-2H3,(H,22,23);1H. The summed E-state index contributed by atoms with van der Waals surface area (Å²) in [6.07, 6.45) is 10.3. The van der Waals surface area contributed by atoms with Crippen LogP contribution >= 0.6 is 35.7 Å². The molecule has 0 spiro atoms. The molecule has 8 heteroatoms.